The molecule has 0 amide bonds. The van der Waals surface area contributed by atoms with Crippen LogP contribution in [0.3, 0.4) is 0 Å². The summed E-state index contributed by atoms with van der Waals surface area (Å²) in [5.74, 6) is -0.0428. The van der Waals surface area contributed by atoms with Crippen LogP contribution in [0.5, 0.6) is 0 Å². The van der Waals surface area contributed by atoms with E-state index in [-0.39, 0.29) is 11.9 Å². The Bertz CT molecular complexity index is 269. The smallest absolute Gasteiger partial charge is 0.346 e. The molecule has 0 radical (unpaired) electrons. The highest BCUT2D eigenvalue weighted by Gasteiger charge is 1.81. The molecule has 0 unspecified atom stereocenters. The number of nitrogens with two attached hydrogens (primary N) is 1. The van der Waals surface area contributed by atoms with Crippen molar-refractivity contribution in [3.8, 4) is 0 Å². The van der Waals surface area contributed by atoms with E-state index in [2.05, 4.69) is 9.97 Å². The minimum atomic E-state index is -0.525. The fourth-order valence-electron chi connectivity index (χ4n) is 0.346. The van der Waals surface area contributed by atoms with Crippen molar-refractivity contribution in [2.45, 2.75) is 0 Å². The topological polar surface area (TPSA) is 71.8 Å². The molecule has 1 heterocycles. The Labute approximate surface area is 46.8 Å². The molecule has 4 heteroatoms. The molecule has 0 aliphatic carbocycles. The summed E-state index contributed by atoms with van der Waals surface area (Å²) in [6.45, 7) is 0. The Balaban J connectivity index is 3.34. The van der Waals surface area contributed by atoms with Crippen LogP contribution in [0.15, 0.2) is 17.0 Å². The highest BCUT2D eigenvalue weighted by molar-refractivity contribution is 5.22. The Morgan fingerprint density at radius 1 is 2.12 bits per heavy atom. The highest BCUT2D eigenvalue weighted by Crippen LogP contribution is 1.82. The number of anilines is 1. The van der Waals surface area contributed by atoms with Crippen LogP contribution in [-0.4, -0.2) is 9.97 Å². The monoisotopic (exact) mass is 114 g/mol. The summed E-state index contributed by atoms with van der Waals surface area (Å²) < 4.78 is 6.96. The van der Waals surface area contributed by atoms with Crippen LogP contribution in [0.25, 0.3) is 0 Å². The number of hydrogen-bond acceptors (Lipinski definition) is 3. The van der Waals surface area contributed by atoms with Gasteiger partial charge in [0.05, 0.1) is 1.37 Å². The lowest BCUT2D eigenvalue weighted by molar-refractivity contribution is 1.08. The predicted octanol–water partition coefficient (Wildman–Crippen LogP) is -0.648. The normalized spacial score (nSPS) is 10.8. The van der Waals surface area contributed by atoms with E-state index in [1.165, 1.54) is 6.20 Å². The summed E-state index contributed by atoms with van der Waals surface area (Å²) in [5, 5.41) is 0. The molecule has 0 aliphatic rings. The van der Waals surface area contributed by atoms with Crippen LogP contribution in [0.1, 0.15) is 1.37 Å². The quantitative estimate of drug-likeness (QED) is 0.471. The van der Waals surface area contributed by atoms with Gasteiger partial charge in [-0.05, 0) is 6.04 Å². The van der Waals surface area contributed by atoms with Gasteiger partial charge in [-0.3, -0.25) is 0 Å². The summed E-state index contributed by atoms with van der Waals surface area (Å²) in [7, 11) is 0. The minimum absolute atomic E-state index is 0.0367. The maximum absolute atomic E-state index is 10.3. The van der Waals surface area contributed by atoms with E-state index in [4.69, 9.17) is 7.10 Å². The SMILES string of the molecule is [2H]c1c[nH][14c](=O)nc1N. The van der Waals surface area contributed by atoms with Crippen LogP contribution in [0.2, 0.25) is 0 Å². The van der Waals surface area contributed by atoms with Gasteiger partial charge in [-0.25, -0.2) is 4.79 Å². The zero-order chi connectivity index (χ0) is 6.85. The Kier molecular flexibility index (Phi) is 0.754. The molecule has 1 aromatic rings. The first-order chi connectivity index (χ1) is 4.20. The van der Waals surface area contributed by atoms with Crippen molar-refractivity contribution in [3.63, 3.8) is 0 Å². The molecule has 0 aliphatic heterocycles. The molecular formula is C4H5N3O. The third-order valence-electron chi connectivity index (χ3n) is 0.638. The van der Waals surface area contributed by atoms with Crippen molar-refractivity contribution in [2.75, 3.05) is 5.73 Å². The summed E-state index contributed by atoms with van der Waals surface area (Å²) in [6, 6.07) is 0.0367. The van der Waals surface area contributed by atoms with Crippen molar-refractivity contribution in [1.29, 1.82) is 0 Å². The lowest BCUT2D eigenvalue weighted by atomic mass is 10.6. The largest absolute Gasteiger partial charge is 0.383 e. The zero-order valence-corrected chi connectivity index (χ0v) is 4.01. The zero-order valence-electron chi connectivity index (χ0n) is 5.01. The molecule has 3 N–H and O–H groups in total. The van der Waals surface area contributed by atoms with E-state index in [9.17, 15) is 4.79 Å². The van der Waals surface area contributed by atoms with Crippen molar-refractivity contribution < 1.29 is 1.37 Å². The van der Waals surface area contributed by atoms with Crippen molar-refractivity contribution >= 4 is 5.82 Å². The summed E-state index contributed by atoms with van der Waals surface area (Å²) in [5.41, 5.74) is 4.58. The van der Waals surface area contributed by atoms with Crippen molar-refractivity contribution in [1.82, 2.24) is 9.97 Å². The minimum Gasteiger partial charge on any atom is -0.383 e. The van der Waals surface area contributed by atoms with E-state index in [1.54, 1.807) is 0 Å². The molecule has 42 valence electrons. The van der Waals surface area contributed by atoms with E-state index >= 15 is 0 Å². The van der Waals surface area contributed by atoms with Gasteiger partial charge in [0.25, 0.3) is 0 Å². The average Bonchev–Trinajstić information content (AvgIpc) is 1.80. The van der Waals surface area contributed by atoms with Gasteiger partial charge >= 0.3 is 5.69 Å². The molecule has 0 spiro atoms. The van der Waals surface area contributed by atoms with Gasteiger partial charge in [0.15, 0.2) is 0 Å². The van der Waals surface area contributed by atoms with Gasteiger partial charge in [-0.15, -0.1) is 0 Å². The fraction of sp³-hybridized carbons (Fsp3) is 0. The highest BCUT2D eigenvalue weighted by atomic mass is 16.3. The van der Waals surface area contributed by atoms with Crippen LogP contribution < -0.4 is 11.4 Å². The molecule has 0 aromatic carbocycles. The Hall–Kier alpha value is -1.32. The molecule has 4 nitrogen and oxygen atoms in total. The van der Waals surface area contributed by atoms with Gasteiger partial charge in [-0.2, -0.15) is 4.98 Å². The number of H-pyrrole nitrogens is 1. The summed E-state index contributed by atoms with van der Waals surface area (Å²) >= 11 is 0. The first-order valence-electron chi connectivity index (χ1n) is 2.52. The first-order valence-corrected chi connectivity index (χ1v) is 2.02. The van der Waals surface area contributed by atoms with Crippen LogP contribution in [0.4, 0.5) is 5.82 Å². The fourth-order valence-corrected chi connectivity index (χ4v) is 0.346. The van der Waals surface area contributed by atoms with Crippen LogP contribution in [-0.2, 0) is 0 Å². The second-order valence-corrected chi connectivity index (χ2v) is 1.24. The standard InChI is InChI=1S/C4H5N3O/c5-3-1-2-6-4(8)7-3/h1-2H,(H3,5,6,7,8)/i1D,4+2. The van der Waals surface area contributed by atoms with Gasteiger partial charge < -0.3 is 10.7 Å². The van der Waals surface area contributed by atoms with Gasteiger partial charge in [0, 0.05) is 6.20 Å². The summed E-state index contributed by atoms with van der Waals surface area (Å²) in [6.07, 6.45) is 1.20. The molecule has 1 aromatic heterocycles. The molecule has 0 atom stereocenters. The average molecular weight is 114 g/mol. The third kappa shape index (κ3) is 0.841. The van der Waals surface area contributed by atoms with Crippen LogP contribution in [0, 0.1) is 0 Å². The van der Waals surface area contributed by atoms with Gasteiger partial charge in [0.2, 0.25) is 0 Å². The number of nitrogens with one attached hydrogen (secondary N) is 1. The van der Waals surface area contributed by atoms with E-state index < -0.39 is 5.69 Å². The second-order valence-electron chi connectivity index (χ2n) is 1.24. The van der Waals surface area contributed by atoms with Crippen LogP contribution >= 0.6 is 0 Å². The van der Waals surface area contributed by atoms with Crippen molar-refractivity contribution in [3.05, 3.63) is 22.7 Å². The van der Waals surface area contributed by atoms with E-state index in [1.807, 2.05) is 0 Å². The lowest BCUT2D eigenvalue weighted by Gasteiger charge is -1.83. The van der Waals surface area contributed by atoms with Crippen molar-refractivity contribution in [2.24, 2.45) is 0 Å². The second kappa shape index (κ2) is 1.65. The molecule has 0 fully saturated rings. The molecule has 0 saturated carbocycles. The van der Waals surface area contributed by atoms with Gasteiger partial charge in [0.1, 0.15) is 5.82 Å². The number of nitrogen functional groups attached to an aromatic ring is 1. The molecule has 8 heavy (non-hydrogen) atoms. The number of rotatable bonds is 0. The number of hydrogen-bond donors (Lipinski definition) is 2. The Morgan fingerprint density at radius 2 is 2.88 bits per heavy atom. The number of nitrogens with zero attached hydrogens (tertiary/aromatic N) is 1. The van der Waals surface area contributed by atoms with Gasteiger partial charge in [-0.1, -0.05) is 0 Å². The van der Waals surface area contributed by atoms with E-state index in [0.717, 1.165) is 0 Å². The van der Waals surface area contributed by atoms with E-state index in [0.29, 0.717) is 0 Å². The molecule has 0 saturated heterocycles. The number of aromatic amines is 1. The number of aromatic nitrogens is 2. The summed E-state index contributed by atoms with van der Waals surface area (Å²) in [4.78, 5) is 15.8. The molecule has 1 rings (SSSR count). The third-order valence-corrected chi connectivity index (χ3v) is 0.638. The predicted molar refractivity (Wildman–Crippen MR) is 29.3 cm³/mol. The molecule has 0 bridgehead atoms. The Morgan fingerprint density at radius 3 is 3.38 bits per heavy atom. The maximum Gasteiger partial charge on any atom is 0.346 e. The first kappa shape index (κ1) is 3.65. The lowest BCUT2D eigenvalue weighted by Crippen LogP contribution is -2.10. The maximum atomic E-state index is 10.3. The molecular weight excluding hydrogens is 108 g/mol.